The smallest absolute Gasteiger partial charge is 0.338 e. The van der Waals surface area contributed by atoms with Gasteiger partial charge in [0.2, 0.25) is 0 Å². The number of hydrogen-bond donors (Lipinski definition) is 0. The lowest BCUT2D eigenvalue weighted by Gasteiger charge is -2.32. The van der Waals surface area contributed by atoms with Gasteiger partial charge in [0, 0.05) is 0 Å². The van der Waals surface area contributed by atoms with Crippen LogP contribution in [0.1, 0.15) is 49.2 Å². The predicted molar refractivity (Wildman–Crippen MR) is 120 cm³/mol. The molecule has 0 saturated carbocycles. The van der Waals surface area contributed by atoms with Crippen molar-refractivity contribution in [2.75, 3.05) is 13.7 Å². The van der Waals surface area contributed by atoms with Gasteiger partial charge in [-0.15, -0.1) is 0 Å². The Kier molecular flexibility index (Phi) is 8.06. The van der Waals surface area contributed by atoms with Gasteiger partial charge in [-0.05, 0) is 36.2 Å². The number of esters is 1. The van der Waals surface area contributed by atoms with Gasteiger partial charge in [-0.2, -0.15) is 0 Å². The van der Waals surface area contributed by atoms with Gasteiger partial charge in [0.1, 0.15) is 5.75 Å². The Hall–Kier alpha value is -2.33. The van der Waals surface area contributed by atoms with Crippen LogP contribution < -0.4 is 4.74 Å². The van der Waals surface area contributed by atoms with Crippen molar-refractivity contribution in [3.8, 4) is 5.75 Å². The first-order valence-electron chi connectivity index (χ1n) is 10.2. The average Bonchev–Trinajstić information content (AvgIpc) is 2.75. The molecule has 0 heterocycles. The minimum Gasteiger partial charge on any atom is -0.497 e. The van der Waals surface area contributed by atoms with Crippen LogP contribution in [0, 0.1) is 0 Å². The minimum atomic E-state index is -1.77. The van der Waals surface area contributed by atoms with E-state index >= 15 is 0 Å². The van der Waals surface area contributed by atoms with Crippen LogP contribution in [0.15, 0.2) is 48.5 Å². The molecule has 0 spiro atoms. The molecule has 2 aromatic carbocycles. The first-order chi connectivity index (χ1) is 13.5. The normalized spacial score (nSPS) is 12.0. The zero-order valence-corrected chi connectivity index (χ0v) is 18.7. The third kappa shape index (κ3) is 4.74. The molecule has 3 nitrogen and oxygen atoms in total. The number of hydrogen-bond acceptors (Lipinski definition) is 3. The largest absolute Gasteiger partial charge is 0.497 e. The molecule has 0 amide bonds. The van der Waals surface area contributed by atoms with Crippen LogP contribution >= 0.6 is 0 Å². The van der Waals surface area contributed by atoms with Crippen LogP contribution in [-0.2, 0) is 4.74 Å². The van der Waals surface area contributed by atoms with Crippen molar-refractivity contribution in [1.29, 1.82) is 0 Å². The fourth-order valence-corrected chi connectivity index (χ4v) is 7.71. The highest BCUT2D eigenvalue weighted by atomic mass is 28.3. The molecule has 150 valence electrons. The van der Waals surface area contributed by atoms with Crippen LogP contribution in [-0.4, -0.2) is 27.8 Å². The Morgan fingerprint density at radius 3 is 1.96 bits per heavy atom. The molecule has 0 unspecified atom stereocenters. The van der Waals surface area contributed by atoms with Crippen molar-refractivity contribution in [3.05, 3.63) is 65.2 Å². The van der Waals surface area contributed by atoms with Crippen molar-refractivity contribution in [2.24, 2.45) is 0 Å². The standard InChI is InChI=1S/C24H32O3Si/c1-6-27-24(25)22-13-11-10-12-21(22)23(28(7-2,8-3)9-4)18-19-14-16-20(26-5)17-15-19/h10-18H,6-9H2,1-5H3/b23-18+. The Bertz CT molecular complexity index is 797. The van der Waals surface area contributed by atoms with E-state index in [1.165, 1.54) is 5.20 Å². The second-order valence-electron chi connectivity index (χ2n) is 6.94. The maximum atomic E-state index is 12.6. The zero-order chi connectivity index (χ0) is 20.6. The van der Waals surface area contributed by atoms with Crippen LogP contribution in [0.2, 0.25) is 18.1 Å². The maximum absolute atomic E-state index is 12.6. The number of carbonyl (C=O) groups excluding carboxylic acids is 1. The van der Waals surface area contributed by atoms with Crippen molar-refractivity contribution in [1.82, 2.24) is 0 Å². The van der Waals surface area contributed by atoms with E-state index in [0.29, 0.717) is 12.2 Å². The zero-order valence-electron chi connectivity index (χ0n) is 17.7. The quantitative estimate of drug-likeness (QED) is 0.277. The average molecular weight is 397 g/mol. The Balaban J connectivity index is 2.69. The monoisotopic (exact) mass is 396 g/mol. The maximum Gasteiger partial charge on any atom is 0.338 e. The SMILES string of the molecule is CCOC(=O)c1ccccc1/C(=C\c1ccc(OC)cc1)[Si](CC)(CC)CC. The van der Waals surface area contributed by atoms with Gasteiger partial charge in [0.25, 0.3) is 0 Å². The lowest BCUT2D eigenvalue weighted by atomic mass is 10.1. The number of carbonyl (C=O) groups is 1. The highest BCUT2D eigenvalue weighted by Crippen LogP contribution is 2.38. The van der Waals surface area contributed by atoms with Crippen LogP contribution in [0.5, 0.6) is 5.75 Å². The van der Waals surface area contributed by atoms with Gasteiger partial charge in [-0.25, -0.2) is 4.79 Å². The highest BCUT2D eigenvalue weighted by Gasteiger charge is 2.34. The van der Waals surface area contributed by atoms with E-state index in [1.54, 1.807) is 7.11 Å². The second-order valence-corrected chi connectivity index (χ2v) is 12.2. The van der Waals surface area contributed by atoms with Gasteiger partial charge < -0.3 is 9.47 Å². The summed E-state index contributed by atoms with van der Waals surface area (Å²) in [5.41, 5.74) is 2.81. The van der Waals surface area contributed by atoms with Crippen molar-refractivity contribution >= 4 is 25.3 Å². The Morgan fingerprint density at radius 1 is 0.893 bits per heavy atom. The second kappa shape index (κ2) is 10.3. The van der Waals surface area contributed by atoms with E-state index in [9.17, 15) is 4.79 Å². The summed E-state index contributed by atoms with van der Waals surface area (Å²) in [5.74, 6) is 0.598. The number of methoxy groups -OCH3 is 1. The van der Waals surface area contributed by atoms with Crippen LogP contribution in [0.4, 0.5) is 0 Å². The molecule has 0 aliphatic heterocycles. The van der Waals surface area contributed by atoms with Gasteiger partial charge in [-0.3, -0.25) is 0 Å². The summed E-state index contributed by atoms with van der Waals surface area (Å²) >= 11 is 0. The summed E-state index contributed by atoms with van der Waals surface area (Å²) in [7, 11) is -0.0948. The van der Waals surface area contributed by atoms with E-state index < -0.39 is 8.07 Å². The summed E-state index contributed by atoms with van der Waals surface area (Å²) in [5, 5.41) is 1.33. The molecule has 0 saturated heterocycles. The first kappa shape index (κ1) is 22.0. The van der Waals surface area contributed by atoms with E-state index in [1.807, 2.05) is 37.3 Å². The molecule has 0 fully saturated rings. The summed E-state index contributed by atoms with van der Waals surface area (Å²) in [6.45, 7) is 9.08. The van der Waals surface area contributed by atoms with Crippen molar-refractivity contribution in [2.45, 2.75) is 45.8 Å². The molecule has 2 aromatic rings. The van der Waals surface area contributed by atoms with Crippen molar-refractivity contribution < 1.29 is 14.3 Å². The molecule has 0 radical (unpaired) electrons. The van der Waals surface area contributed by atoms with E-state index in [0.717, 1.165) is 35.0 Å². The molecular formula is C24H32O3Si. The summed E-state index contributed by atoms with van der Waals surface area (Å²) in [6, 6.07) is 19.4. The molecule has 0 bridgehead atoms. The Morgan fingerprint density at radius 2 is 1.46 bits per heavy atom. The number of ether oxygens (including phenoxy) is 2. The van der Waals surface area contributed by atoms with E-state index in [2.05, 4.69) is 45.0 Å². The molecule has 2 rings (SSSR count). The topological polar surface area (TPSA) is 35.5 Å². The molecule has 4 heteroatoms. The third-order valence-corrected chi connectivity index (χ3v) is 11.4. The van der Waals surface area contributed by atoms with Gasteiger partial charge >= 0.3 is 5.97 Å². The van der Waals surface area contributed by atoms with Crippen LogP contribution in [0.3, 0.4) is 0 Å². The van der Waals surface area contributed by atoms with Gasteiger partial charge in [-0.1, -0.05) is 80.5 Å². The third-order valence-electron chi connectivity index (χ3n) is 5.74. The van der Waals surface area contributed by atoms with Crippen molar-refractivity contribution in [3.63, 3.8) is 0 Å². The Labute approximate surface area is 170 Å². The summed E-state index contributed by atoms with van der Waals surface area (Å²) in [6.07, 6.45) is 2.28. The molecule has 0 aliphatic carbocycles. The highest BCUT2D eigenvalue weighted by molar-refractivity contribution is 6.97. The minimum absolute atomic E-state index is 0.245. The van der Waals surface area contributed by atoms with Gasteiger partial charge in [0.05, 0.1) is 27.4 Å². The molecular weight excluding hydrogens is 364 g/mol. The van der Waals surface area contributed by atoms with E-state index in [-0.39, 0.29) is 5.97 Å². The first-order valence-corrected chi connectivity index (χ1v) is 12.8. The molecule has 0 atom stereocenters. The fourth-order valence-electron chi connectivity index (χ4n) is 3.81. The predicted octanol–water partition coefficient (Wildman–Crippen LogP) is 6.46. The number of benzene rings is 2. The fraction of sp³-hybridized carbons (Fsp3) is 0.375. The summed E-state index contributed by atoms with van der Waals surface area (Å²) < 4.78 is 10.6. The molecule has 0 aromatic heterocycles. The van der Waals surface area contributed by atoms with E-state index in [4.69, 9.17) is 9.47 Å². The van der Waals surface area contributed by atoms with Crippen LogP contribution in [0.25, 0.3) is 11.3 Å². The van der Waals surface area contributed by atoms with Gasteiger partial charge in [0.15, 0.2) is 0 Å². The molecule has 28 heavy (non-hydrogen) atoms. The lowest BCUT2D eigenvalue weighted by molar-refractivity contribution is 0.0526. The summed E-state index contributed by atoms with van der Waals surface area (Å²) in [4.78, 5) is 12.6. The molecule has 0 N–H and O–H groups in total. The lowest BCUT2D eigenvalue weighted by Crippen LogP contribution is -2.34. The molecule has 0 aliphatic rings. The number of rotatable bonds is 9.